The maximum atomic E-state index is 12.8. The summed E-state index contributed by atoms with van der Waals surface area (Å²) >= 11 is 0. The van der Waals surface area contributed by atoms with Crippen LogP contribution in [0, 0.1) is 0 Å². The molecule has 0 radical (unpaired) electrons. The lowest BCUT2D eigenvalue weighted by Crippen LogP contribution is -2.46. The number of nitrogens with one attached hydrogen (secondary N) is 1. The second kappa shape index (κ2) is 12.7. The van der Waals surface area contributed by atoms with E-state index in [0.717, 1.165) is 0 Å². The number of pyridine rings is 1. The van der Waals surface area contributed by atoms with Crippen molar-refractivity contribution in [3.8, 4) is 11.5 Å². The molecular formula is C21H28N2O10. The third kappa shape index (κ3) is 7.68. The van der Waals surface area contributed by atoms with Crippen LogP contribution in [0.2, 0.25) is 0 Å². The van der Waals surface area contributed by atoms with Crippen molar-refractivity contribution in [2.45, 2.75) is 44.9 Å². The second-order valence-electron chi connectivity index (χ2n) is 7.05. The van der Waals surface area contributed by atoms with E-state index in [2.05, 4.69) is 15.0 Å². The lowest BCUT2D eigenvalue weighted by atomic mass is 10.1. The molecule has 12 nitrogen and oxygen atoms in total. The Labute approximate surface area is 190 Å². The molecule has 2 heterocycles. The van der Waals surface area contributed by atoms with Crippen LogP contribution in [0.1, 0.15) is 37.2 Å². The first-order valence-corrected chi connectivity index (χ1v) is 10.3. The minimum Gasteiger partial charge on any atom is -0.493 e. The molecule has 1 aliphatic heterocycles. The van der Waals surface area contributed by atoms with Crippen molar-refractivity contribution in [1.82, 2.24) is 10.3 Å². The van der Waals surface area contributed by atoms with E-state index in [0.29, 0.717) is 6.42 Å². The van der Waals surface area contributed by atoms with Gasteiger partial charge < -0.3 is 33.7 Å². The second-order valence-corrected chi connectivity index (χ2v) is 7.05. The van der Waals surface area contributed by atoms with Crippen LogP contribution in [0.4, 0.5) is 0 Å². The molecule has 182 valence electrons. The van der Waals surface area contributed by atoms with Gasteiger partial charge in [-0.1, -0.05) is 0 Å². The molecule has 1 aliphatic rings. The Morgan fingerprint density at radius 1 is 1.27 bits per heavy atom. The number of hydrogen-bond donors (Lipinski definition) is 1. The van der Waals surface area contributed by atoms with Gasteiger partial charge in [0, 0.05) is 32.2 Å². The quantitative estimate of drug-likeness (QED) is 0.529. The minimum atomic E-state index is -1.15. The lowest BCUT2D eigenvalue weighted by Gasteiger charge is -2.24. The molecule has 0 bridgehead atoms. The van der Waals surface area contributed by atoms with Gasteiger partial charge in [0.05, 0.1) is 40.0 Å². The number of carbonyl (C=O) groups excluding carboxylic acids is 4. The molecule has 33 heavy (non-hydrogen) atoms. The molecule has 2 rings (SSSR count). The zero-order valence-electron chi connectivity index (χ0n) is 19.0. The van der Waals surface area contributed by atoms with Crippen LogP contribution in [0.25, 0.3) is 0 Å². The summed E-state index contributed by atoms with van der Waals surface area (Å²) in [5, 5.41) is 2.50. The Bertz CT molecular complexity index is 859. The van der Waals surface area contributed by atoms with Crippen molar-refractivity contribution in [3.63, 3.8) is 0 Å². The minimum absolute atomic E-state index is 0.0609. The summed E-state index contributed by atoms with van der Waals surface area (Å²) in [6.07, 6.45) is 0.596. The van der Waals surface area contributed by atoms with Crippen LogP contribution in [0.3, 0.4) is 0 Å². The summed E-state index contributed by atoms with van der Waals surface area (Å²) < 4.78 is 31.4. The molecule has 0 unspecified atom stereocenters. The van der Waals surface area contributed by atoms with E-state index < -0.39 is 42.1 Å². The standard InChI is InChI=1S/C21H28N2O10/c1-12-15(31-10-7-17(25)29-4)6-9-30-11-14(21(27)32-12)23-20(26)18-19(33-13(2)24)16(28-3)5-8-22-18/h5,8,12,14-15H,6-7,9-11H2,1-4H3,(H,23,26)/t12-,14-,15+/m0/s1. The van der Waals surface area contributed by atoms with Gasteiger partial charge in [-0.2, -0.15) is 0 Å². The third-order valence-corrected chi connectivity index (χ3v) is 4.66. The SMILES string of the molecule is COC(=O)CCO[C@@H]1CCOC[C@H](NC(=O)c2nccc(OC)c2OC(C)=O)C(=O)O[C@H]1C. The van der Waals surface area contributed by atoms with Gasteiger partial charge in [0.2, 0.25) is 5.75 Å². The van der Waals surface area contributed by atoms with Crippen LogP contribution >= 0.6 is 0 Å². The Morgan fingerprint density at radius 2 is 2.03 bits per heavy atom. The summed E-state index contributed by atoms with van der Waals surface area (Å²) in [4.78, 5) is 52.2. The highest BCUT2D eigenvalue weighted by Crippen LogP contribution is 2.29. The lowest BCUT2D eigenvalue weighted by molar-refractivity contribution is -0.159. The summed E-state index contributed by atoms with van der Waals surface area (Å²) in [7, 11) is 2.63. The molecule has 1 saturated heterocycles. The van der Waals surface area contributed by atoms with E-state index >= 15 is 0 Å². The van der Waals surface area contributed by atoms with E-state index in [-0.39, 0.29) is 43.4 Å². The first-order valence-electron chi connectivity index (χ1n) is 10.3. The number of ether oxygens (including phenoxy) is 6. The fourth-order valence-electron chi connectivity index (χ4n) is 2.98. The largest absolute Gasteiger partial charge is 0.493 e. The molecule has 1 aromatic rings. The molecular weight excluding hydrogens is 440 g/mol. The zero-order valence-corrected chi connectivity index (χ0v) is 19.0. The highest BCUT2D eigenvalue weighted by molar-refractivity contribution is 5.98. The maximum Gasteiger partial charge on any atom is 0.331 e. The molecule has 1 fully saturated rings. The Morgan fingerprint density at radius 3 is 2.70 bits per heavy atom. The van der Waals surface area contributed by atoms with E-state index in [4.69, 9.17) is 23.7 Å². The molecule has 0 saturated carbocycles. The van der Waals surface area contributed by atoms with Gasteiger partial charge in [0.1, 0.15) is 6.10 Å². The molecule has 1 aromatic heterocycles. The van der Waals surface area contributed by atoms with E-state index in [1.165, 1.54) is 33.4 Å². The highest BCUT2D eigenvalue weighted by Gasteiger charge is 2.32. The van der Waals surface area contributed by atoms with Crippen LogP contribution in [0.5, 0.6) is 11.5 Å². The summed E-state index contributed by atoms with van der Waals surface area (Å²) in [5.74, 6) is -2.66. The van der Waals surface area contributed by atoms with E-state index in [9.17, 15) is 19.2 Å². The van der Waals surface area contributed by atoms with E-state index in [1.807, 2.05) is 0 Å². The number of methoxy groups -OCH3 is 2. The number of rotatable bonds is 8. The summed E-state index contributed by atoms with van der Waals surface area (Å²) in [6.45, 7) is 2.99. The van der Waals surface area contributed by atoms with Crippen LogP contribution < -0.4 is 14.8 Å². The number of hydrogen-bond acceptors (Lipinski definition) is 11. The van der Waals surface area contributed by atoms with Crippen LogP contribution in [-0.4, -0.2) is 81.1 Å². The van der Waals surface area contributed by atoms with Gasteiger partial charge in [-0.25, -0.2) is 9.78 Å². The number of amides is 1. The van der Waals surface area contributed by atoms with Crippen LogP contribution in [0.15, 0.2) is 12.3 Å². The van der Waals surface area contributed by atoms with Crippen molar-refractivity contribution in [3.05, 3.63) is 18.0 Å². The smallest absolute Gasteiger partial charge is 0.331 e. The monoisotopic (exact) mass is 468 g/mol. The normalized spacial score (nSPS) is 21.0. The molecule has 1 amide bonds. The molecule has 0 aliphatic carbocycles. The average Bonchev–Trinajstić information content (AvgIpc) is 2.84. The highest BCUT2D eigenvalue weighted by atomic mass is 16.6. The topological polar surface area (TPSA) is 149 Å². The number of nitrogens with zero attached hydrogens (tertiary/aromatic N) is 1. The van der Waals surface area contributed by atoms with Gasteiger partial charge in [-0.05, 0) is 6.92 Å². The summed E-state index contributed by atoms with van der Waals surface area (Å²) in [5.41, 5.74) is -0.241. The van der Waals surface area contributed by atoms with Gasteiger partial charge in [-0.3, -0.25) is 14.4 Å². The molecule has 0 spiro atoms. The fourth-order valence-corrected chi connectivity index (χ4v) is 2.98. The van der Waals surface area contributed by atoms with Gasteiger partial charge in [0.25, 0.3) is 5.91 Å². The van der Waals surface area contributed by atoms with Crippen LogP contribution in [-0.2, 0) is 33.3 Å². The van der Waals surface area contributed by atoms with Crippen molar-refractivity contribution < 1.29 is 47.6 Å². The van der Waals surface area contributed by atoms with Gasteiger partial charge >= 0.3 is 17.9 Å². The number of carbonyl (C=O) groups is 4. The Balaban J connectivity index is 2.08. The maximum absolute atomic E-state index is 12.8. The third-order valence-electron chi connectivity index (χ3n) is 4.66. The van der Waals surface area contributed by atoms with Gasteiger partial charge in [-0.15, -0.1) is 0 Å². The predicted molar refractivity (Wildman–Crippen MR) is 111 cm³/mol. The fraction of sp³-hybridized carbons (Fsp3) is 0.571. The first kappa shape index (κ1) is 26.0. The Hall–Kier alpha value is -3.25. The van der Waals surface area contributed by atoms with Crippen molar-refractivity contribution in [2.24, 2.45) is 0 Å². The molecule has 0 aromatic carbocycles. The zero-order chi connectivity index (χ0) is 24.4. The van der Waals surface area contributed by atoms with Crippen molar-refractivity contribution in [1.29, 1.82) is 0 Å². The molecule has 3 atom stereocenters. The van der Waals surface area contributed by atoms with E-state index in [1.54, 1.807) is 6.92 Å². The Kier molecular flexibility index (Phi) is 10.0. The van der Waals surface area contributed by atoms with Crippen molar-refractivity contribution >= 4 is 23.8 Å². The number of aromatic nitrogens is 1. The predicted octanol–water partition coefficient (Wildman–Crippen LogP) is 0.414. The number of esters is 3. The first-order chi connectivity index (χ1) is 15.8. The summed E-state index contributed by atoms with van der Waals surface area (Å²) in [6, 6.07) is 0.279. The number of cyclic esters (lactones) is 1. The van der Waals surface area contributed by atoms with Crippen molar-refractivity contribution in [2.75, 3.05) is 34.0 Å². The molecule has 12 heteroatoms. The molecule has 1 N–H and O–H groups in total. The average molecular weight is 468 g/mol. The van der Waals surface area contributed by atoms with Gasteiger partial charge in [0.15, 0.2) is 17.5 Å².